The summed E-state index contributed by atoms with van der Waals surface area (Å²) >= 11 is 1.23. The van der Waals surface area contributed by atoms with Crippen LogP contribution in [0.25, 0.3) is 0 Å². The van der Waals surface area contributed by atoms with E-state index in [-0.39, 0.29) is 6.61 Å². The third-order valence-electron chi connectivity index (χ3n) is 5.18. The summed E-state index contributed by atoms with van der Waals surface area (Å²) in [5, 5.41) is 14.0. The SMILES string of the molecule is CCCn1nc(Cc2ccc(C)cc2)cc1COC(=O)c1ccc(SC(C)(C)C(=O)O)cc1. The Bertz CT molecular complexity index is 1100. The van der Waals surface area contributed by atoms with Crippen LogP contribution in [0.15, 0.2) is 59.5 Å². The van der Waals surface area contributed by atoms with E-state index >= 15 is 0 Å². The smallest absolute Gasteiger partial charge is 0.338 e. The molecule has 0 unspecified atom stereocenters. The number of carboxylic acids is 1. The number of hydrogen-bond acceptors (Lipinski definition) is 5. The Kier molecular flexibility index (Phi) is 7.97. The van der Waals surface area contributed by atoms with E-state index in [9.17, 15) is 14.7 Å². The van der Waals surface area contributed by atoms with Crippen molar-refractivity contribution < 1.29 is 19.4 Å². The molecular formula is C26H30N2O4S. The molecule has 7 heteroatoms. The van der Waals surface area contributed by atoms with Crippen molar-refractivity contribution in [3.05, 3.63) is 82.7 Å². The number of benzene rings is 2. The zero-order valence-electron chi connectivity index (χ0n) is 19.5. The molecule has 0 atom stereocenters. The number of thioether (sulfide) groups is 1. The predicted molar refractivity (Wildman–Crippen MR) is 130 cm³/mol. The second-order valence-corrected chi connectivity index (χ2v) is 10.2. The summed E-state index contributed by atoms with van der Waals surface area (Å²) in [6.45, 7) is 8.34. The molecule has 0 saturated heterocycles. The molecule has 174 valence electrons. The van der Waals surface area contributed by atoms with E-state index in [1.54, 1.807) is 38.1 Å². The van der Waals surface area contributed by atoms with Crippen LogP contribution in [0, 0.1) is 6.92 Å². The van der Waals surface area contributed by atoms with Crippen LogP contribution < -0.4 is 0 Å². The summed E-state index contributed by atoms with van der Waals surface area (Å²) in [7, 11) is 0. The second kappa shape index (κ2) is 10.7. The summed E-state index contributed by atoms with van der Waals surface area (Å²) in [6.07, 6.45) is 1.65. The van der Waals surface area contributed by atoms with Crippen molar-refractivity contribution in [3.8, 4) is 0 Å². The second-order valence-electron chi connectivity index (χ2n) is 8.53. The van der Waals surface area contributed by atoms with Crippen molar-refractivity contribution in [2.24, 2.45) is 0 Å². The van der Waals surface area contributed by atoms with Crippen molar-refractivity contribution in [2.45, 2.75) is 63.3 Å². The van der Waals surface area contributed by atoms with Crippen LogP contribution in [0.2, 0.25) is 0 Å². The maximum Gasteiger partial charge on any atom is 0.338 e. The normalized spacial score (nSPS) is 11.4. The molecule has 1 heterocycles. The number of ether oxygens (including phenoxy) is 1. The van der Waals surface area contributed by atoms with Crippen LogP contribution in [0.5, 0.6) is 0 Å². The minimum absolute atomic E-state index is 0.141. The van der Waals surface area contributed by atoms with E-state index < -0.39 is 16.7 Å². The van der Waals surface area contributed by atoms with Gasteiger partial charge in [-0.2, -0.15) is 5.10 Å². The fourth-order valence-electron chi connectivity index (χ4n) is 3.26. The van der Waals surface area contributed by atoms with Crippen LogP contribution in [-0.4, -0.2) is 31.6 Å². The van der Waals surface area contributed by atoms with E-state index in [0.717, 1.165) is 35.7 Å². The van der Waals surface area contributed by atoms with Crippen molar-refractivity contribution in [3.63, 3.8) is 0 Å². The third kappa shape index (κ3) is 6.71. The summed E-state index contributed by atoms with van der Waals surface area (Å²) in [4.78, 5) is 24.7. The lowest BCUT2D eigenvalue weighted by molar-refractivity contribution is -0.138. The van der Waals surface area contributed by atoms with E-state index in [1.165, 1.54) is 22.9 Å². The number of rotatable bonds is 10. The Hall–Kier alpha value is -3.06. The number of esters is 1. The van der Waals surface area contributed by atoms with Gasteiger partial charge in [0, 0.05) is 17.9 Å². The first-order valence-corrected chi connectivity index (χ1v) is 11.8. The first-order valence-electron chi connectivity index (χ1n) is 11.0. The van der Waals surface area contributed by atoms with Gasteiger partial charge in [0.15, 0.2) is 0 Å². The highest BCUT2D eigenvalue weighted by atomic mass is 32.2. The van der Waals surface area contributed by atoms with Gasteiger partial charge in [0.05, 0.1) is 17.0 Å². The number of carbonyl (C=O) groups excluding carboxylic acids is 1. The number of carboxylic acid groups (broad SMARTS) is 1. The van der Waals surface area contributed by atoms with Crippen molar-refractivity contribution in [1.82, 2.24) is 9.78 Å². The molecule has 3 aromatic rings. The number of aryl methyl sites for hydroxylation is 2. The maximum absolute atomic E-state index is 12.6. The molecule has 0 aliphatic heterocycles. The first kappa shape index (κ1) is 24.6. The molecule has 1 aromatic heterocycles. The van der Waals surface area contributed by atoms with Gasteiger partial charge in [-0.15, -0.1) is 11.8 Å². The largest absolute Gasteiger partial charge is 0.480 e. The number of nitrogens with zero attached hydrogens (tertiary/aromatic N) is 2. The predicted octanol–water partition coefficient (Wildman–Crippen LogP) is 5.50. The number of hydrogen-bond donors (Lipinski definition) is 1. The van der Waals surface area contributed by atoms with E-state index in [0.29, 0.717) is 5.56 Å². The molecule has 0 fully saturated rings. The molecule has 0 amide bonds. The summed E-state index contributed by atoms with van der Waals surface area (Å²) < 4.78 is 6.52. The monoisotopic (exact) mass is 466 g/mol. The average Bonchev–Trinajstić information content (AvgIpc) is 3.15. The molecule has 0 bridgehead atoms. The van der Waals surface area contributed by atoms with Crippen molar-refractivity contribution in [1.29, 1.82) is 0 Å². The average molecular weight is 467 g/mol. The minimum atomic E-state index is -0.948. The topological polar surface area (TPSA) is 81.4 Å². The lowest BCUT2D eigenvalue weighted by atomic mass is 10.1. The molecule has 0 radical (unpaired) electrons. The van der Waals surface area contributed by atoms with E-state index in [1.807, 2.05) is 10.7 Å². The lowest BCUT2D eigenvalue weighted by Crippen LogP contribution is -2.26. The molecule has 0 aliphatic carbocycles. The molecule has 0 saturated carbocycles. The fraction of sp³-hybridized carbons (Fsp3) is 0.346. The number of aliphatic carboxylic acids is 1. The highest BCUT2D eigenvalue weighted by Crippen LogP contribution is 2.32. The number of carbonyl (C=O) groups is 2. The Balaban J connectivity index is 1.64. The van der Waals surface area contributed by atoms with Gasteiger partial charge >= 0.3 is 11.9 Å². The van der Waals surface area contributed by atoms with Gasteiger partial charge in [-0.05, 0) is 63.1 Å². The maximum atomic E-state index is 12.6. The van der Waals surface area contributed by atoms with Gasteiger partial charge in [0.25, 0.3) is 0 Å². The fourth-order valence-corrected chi connectivity index (χ4v) is 4.21. The number of aromatic nitrogens is 2. The Morgan fingerprint density at radius 1 is 1.09 bits per heavy atom. The molecule has 3 rings (SSSR count). The molecule has 6 nitrogen and oxygen atoms in total. The Morgan fingerprint density at radius 2 is 1.76 bits per heavy atom. The summed E-state index contributed by atoms with van der Waals surface area (Å²) in [5.41, 5.74) is 4.65. The molecule has 33 heavy (non-hydrogen) atoms. The van der Waals surface area contributed by atoms with Gasteiger partial charge in [0.2, 0.25) is 0 Å². The summed E-state index contributed by atoms with van der Waals surface area (Å²) in [6, 6.07) is 17.2. The minimum Gasteiger partial charge on any atom is -0.480 e. The van der Waals surface area contributed by atoms with Crippen LogP contribution in [0.4, 0.5) is 0 Å². The molecule has 2 aromatic carbocycles. The van der Waals surface area contributed by atoms with E-state index in [2.05, 4.69) is 38.1 Å². The van der Waals surface area contributed by atoms with Crippen LogP contribution in [-0.2, 0) is 29.1 Å². The van der Waals surface area contributed by atoms with Gasteiger partial charge in [-0.25, -0.2) is 4.79 Å². The van der Waals surface area contributed by atoms with Crippen molar-refractivity contribution in [2.75, 3.05) is 0 Å². The van der Waals surface area contributed by atoms with Crippen LogP contribution >= 0.6 is 11.8 Å². The zero-order chi connectivity index (χ0) is 24.0. The van der Waals surface area contributed by atoms with Gasteiger partial charge < -0.3 is 9.84 Å². The van der Waals surface area contributed by atoms with Crippen LogP contribution in [0.3, 0.4) is 0 Å². The highest BCUT2D eigenvalue weighted by molar-refractivity contribution is 8.01. The zero-order valence-corrected chi connectivity index (χ0v) is 20.3. The lowest BCUT2D eigenvalue weighted by Gasteiger charge is -2.18. The van der Waals surface area contributed by atoms with Crippen molar-refractivity contribution >= 4 is 23.7 Å². The van der Waals surface area contributed by atoms with Gasteiger partial charge in [-0.1, -0.05) is 36.8 Å². The standard InChI is InChI=1S/C26H30N2O4S/c1-5-14-28-22(16-21(27-28)15-19-8-6-18(2)7-9-19)17-32-24(29)20-10-12-23(13-11-20)33-26(3,4)25(30)31/h6-13,16H,5,14-15,17H2,1-4H3,(H,30,31). The van der Waals surface area contributed by atoms with Crippen LogP contribution in [0.1, 0.15) is 60.1 Å². The van der Waals surface area contributed by atoms with Gasteiger partial charge in [0.1, 0.15) is 11.4 Å². The Morgan fingerprint density at radius 3 is 2.36 bits per heavy atom. The first-order chi connectivity index (χ1) is 15.7. The Labute approximate surface area is 199 Å². The summed E-state index contributed by atoms with van der Waals surface area (Å²) in [5.74, 6) is -1.31. The molecule has 0 spiro atoms. The molecular weight excluding hydrogens is 436 g/mol. The van der Waals surface area contributed by atoms with Gasteiger partial charge in [-0.3, -0.25) is 9.48 Å². The molecule has 1 N–H and O–H groups in total. The molecule has 0 aliphatic rings. The highest BCUT2D eigenvalue weighted by Gasteiger charge is 2.28. The quantitative estimate of drug-likeness (QED) is 0.314. The third-order valence-corrected chi connectivity index (χ3v) is 6.38. The van der Waals surface area contributed by atoms with E-state index in [4.69, 9.17) is 9.84 Å².